The molecule has 1 atom stereocenters. The van der Waals surface area contributed by atoms with Crippen molar-refractivity contribution in [1.82, 2.24) is 5.32 Å². The van der Waals surface area contributed by atoms with Crippen LogP contribution in [-0.4, -0.2) is 5.11 Å². The standard InChI is InChI=1S/C19H24N2S/c1-5-18(17-11-8-14(3)12-15(17)4)21-19(22)20-16-9-6-13(2)7-10-16/h6-12,18H,5H2,1-4H3,(H2,20,21,22)/t18-/m1/s1. The Balaban J connectivity index is 2.06. The fraction of sp³-hybridized carbons (Fsp3) is 0.316. The molecule has 3 heteroatoms. The van der Waals surface area contributed by atoms with Crippen LogP contribution in [0.15, 0.2) is 42.5 Å². The van der Waals surface area contributed by atoms with Crippen LogP contribution >= 0.6 is 12.2 Å². The largest absolute Gasteiger partial charge is 0.356 e. The lowest BCUT2D eigenvalue weighted by Crippen LogP contribution is -2.32. The van der Waals surface area contributed by atoms with Crippen molar-refractivity contribution in [3.05, 3.63) is 64.7 Å². The Morgan fingerprint density at radius 3 is 2.23 bits per heavy atom. The van der Waals surface area contributed by atoms with Gasteiger partial charge in [-0.1, -0.05) is 48.4 Å². The summed E-state index contributed by atoms with van der Waals surface area (Å²) < 4.78 is 0. The van der Waals surface area contributed by atoms with Crippen molar-refractivity contribution in [3.63, 3.8) is 0 Å². The van der Waals surface area contributed by atoms with Crippen LogP contribution in [0.1, 0.15) is 41.6 Å². The maximum absolute atomic E-state index is 5.46. The van der Waals surface area contributed by atoms with Crippen LogP contribution < -0.4 is 10.6 Å². The third-order valence-electron chi connectivity index (χ3n) is 3.82. The number of aryl methyl sites for hydroxylation is 3. The van der Waals surface area contributed by atoms with E-state index in [9.17, 15) is 0 Å². The van der Waals surface area contributed by atoms with E-state index in [4.69, 9.17) is 12.2 Å². The lowest BCUT2D eigenvalue weighted by molar-refractivity contribution is 0.625. The van der Waals surface area contributed by atoms with E-state index >= 15 is 0 Å². The van der Waals surface area contributed by atoms with Crippen LogP contribution in [0.5, 0.6) is 0 Å². The number of anilines is 1. The highest BCUT2D eigenvalue weighted by Crippen LogP contribution is 2.22. The fourth-order valence-electron chi connectivity index (χ4n) is 2.58. The molecule has 2 nitrogen and oxygen atoms in total. The molecule has 0 heterocycles. The number of hydrogen-bond donors (Lipinski definition) is 2. The lowest BCUT2D eigenvalue weighted by Gasteiger charge is -2.22. The first-order valence-corrected chi connectivity index (χ1v) is 8.11. The van der Waals surface area contributed by atoms with Crippen molar-refractivity contribution in [2.24, 2.45) is 0 Å². The number of thiocarbonyl (C=S) groups is 1. The van der Waals surface area contributed by atoms with Gasteiger partial charge in [0.25, 0.3) is 0 Å². The average molecular weight is 312 g/mol. The predicted octanol–water partition coefficient (Wildman–Crippen LogP) is 5.05. The van der Waals surface area contributed by atoms with Crippen LogP contribution in [-0.2, 0) is 0 Å². The van der Waals surface area contributed by atoms with Gasteiger partial charge in [-0.05, 0) is 62.7 Å². The summed E-state index contributed by atoms with van der Waals surface area (Å²) in [4.78, 5) is 0. The summed E-state index contributed by atoms with van der Waals surface area (Å²) in [6.45, 7) is 8.52. The first-order chi connectivity index (χ1) is 10.5. The second-order valence-corrected chi connectivity index (χ2v) is 6.19. The molecule has 0 aromatic heterocycles. The third-order valence-corrected chi connectivity index (χ3v) is 4.04. The zero-order valence-corrected chi connectivity index (χ0v) is 14.6. The fourth-order valence-corrected chi connectivity index (χ4v) is 2.84. The molecule has 0 bridgehead atoms. The summed E-state index contributed by atoms with van der Waals surface area (Å²) in [6.07, 6.45) is 0.986. The first-order valence-electron chi connectivity index (χ1n) is 7.71. The first kappa shape index (κ1) is 16.5. The minimum atomic E-state index is 0.228. The van der Waals surface area contributed by atoms with Crippen LogP contribution in [0, 0.1) is 20.8 Å². The molecule has 2 aromatic carbocycles. The van der Waals surface area contributed by atoms with E-state index in [2.05, 4.69) is 68.7 Å². The van der Waals surface area contributed by atoms with E-state index in [1.165, 1.54) is 22.3 Å². The average Bonchev–Trinajstić information content (AvgIpc) is 2.48. The van der Waals surface area contributed by atoms with E-state index in [-0.39, 0.29) is 6.04 Å². The Morgan fingerprint density at radius 1 is 1.00 bits per heavy atom. The van der Waals surface area contributed by atoms with Crippen molar-refractivity contribution >= 4 is 23.0 Å². The van der Waals surface area contributed by atoms with Gasteiger partial charge >= 0.3 is 0 Å². The van der Waals surface area contributed by atoms with Gasteiger partial charge in [0.1, 0.15) is 0 Å². The molecular formula is C19H24N2S. The van der Waals surface area contributed by atoms with Crippen molar-refractivity contribution < 1.29 is 0 Å². The summed E-state index contributed by atoms with van der Waals surface area (Å²) in [5, 5.41) is 7.34. The van der Waals surface area contributed by atoms with Crippen LogP contribution in [0.3, 0.4) is 0 Å². The van der Waals surface area contributed by atoms with Gasteiger partial charge in [0.2, 0.25) is 0 Å². The predicted molar refractivity (Wildman–Crippen MR) is 99.5 cm³/mol. The second kappa shape index (κ2) is 7.41. The van der Waals surface area contributed by atoms with Gasteiger partial charge in [-0.15, -0.1) is 0 Å². The topological polar surface area (TPSA) is 24.1 Å². The van der Waals surface area contributed by atoms with E-state index in [1.54, 1.807) is 0 Å². The molecule has 116 valence electrons. The molecule has 22 heavy (non-hydrogen) atoms. The molecule has 0 aliphatic heterocycles. The van der Waals surface area contributed by atoms with E-state index in [0.717, 1.165) is 12.1 Å². The number of rotatable bonds is 4. The molecule has 0 spiro atoms. The molecule has 2 aromatic rings. The SMILES string of the molecule is CC[C@@H](NC(=S)Nc1ccc(C)cc1)c1ccc(C)cc1C. The molecule has 0 saturated heterocycles. The van der Waals surface area contributed by atoms with E-state index < -0.39 is 0 Å². The van der Waals surface area contributed by atoms with Crippen molar-refractivity contribution in [2.45, 2.75) is 40.2 Å². The molecule has 0 radical (unpaired) electrons. The molecule has 0 unspecified atom stereocenters. The summed E-state index contributed by atoms with van der Waals surface area (Å²) in [6, 6.07) is 15.0. The summed E-state index contributed by atoms with van der Waals surface area (Å²) in [5.74, 6) is 0. The third kappa shape index (κ3) is 4.31. The Hall–Kier alpha value is -1.87. The Labute approximate surface area is 139 Å². The number of benzene rings is 2. The number of nitrogens with one attached hydrogen (secondary N) is 2. The second-order valence-electron chi connectivity index (χ2n) is 5.79. The van der Waals surface area contributed by atoms with Gasteiger partial charge in [-0.2, -0.15) is 0 Å². The molecule has 2 rings (SSSR count). The van der Waals surface area contributed by atoms with Gasteiger partial charge < -0.3 is 10.6 Å². The smallest absolute Gasteiger partial charge is 0.171 e. The van der Waals surface area contributed by atoms with Gasteiger partial charge in [-0.3, -0.25) is 0 Å². The van der Waals surface area contributed by atoms with Gasteiger partial charge in [0.15, 0.2) is 5.11 Å². The maximum atomic E-state index is 5.46. The summed E-state index contributed by atoms with van der Waals surface area (Å²) >= 11 is 5.46. The Morgan fingerprint density at radius 2 is 1.64 bits per heavy atom. The highest BCUT2D eigenvalue weighted by molar-refractivity contribution is 7.80. The van der Waals surface area contributed by atoms with Crippen molar-refractivity contribution in [2.75, 3.05) is 5.32 Å². The van der Waals surface area contributed by atoms with Gasteiger partial charge in [0, 0.05) is 5.69 Å². The van der Waals surface area contributed by atoms with E-state index in [0.29, 0.717) is 5.11 Å². The van der Waals surface area contributed by atoms with Crippen LogP contribution in [0.2, 0.25) is 0 Å². The zero-order valence-electron chi connectivity index (χ0n) is 13.7. The molecule has 0 saturated carbocycles. The van der Waals surface area contributed by atoms with Crippen molar-refractivity contribution in [1.29, 1.82) is 0 Å². The normalized spacial score (nSPS) is 11.8. The summed E-state index contributed by atoms with van der Waals surface area (Å²) in [7, 11) is 0. The molecule has 0 aliphatic rings. The molecule has 0 amide bonds. The summed E-state index contributed by atoms with van der Waals surface area (Å²) in [5.41, 5.74) is 6.15. The van der Waals surface area contributed by atoms with Crippen molar-refractivity contribution in [3.8, 4) is 0 Å². The number of hydrogen-bond acceptors (Lipinski definition) is 1. The quantitative estimate of drug-likeness (QED) is 0.773. The maximum Gasteiger partial charge on any atom is 0.171 e. The molecule has 2 N–H and O–H groups in total. The van der Waals surface area contributed by atoms with Gasteiger partial charge in [-0.25, -0.2) is 0 Å². The Kier molecular flexibility index (Phi) is 5.56. The lowest BCUT2D eigenvalue weighted by atomic mass is 9.98. The highest BCUT2D eigenvalue weighted by Gasteiger charge is 2.13. The molecule has 0 fully saturated rings. The Bertz CT molecular complexity index is 647. The van der Waals surface area contributed by atoms with E-state index in [1.807, 2.05) is 12.1 Å². The van der Waals surface area contributed by atoms with Crippen LogP contribution in [0.4, 0.5) is 5.69 Å². The highest BCUT2D eigenvalue weighted by atomic mass is 32.1. The minimum Gasteiger partial charge on any atom is -0.356 e. The van der Waals surface area contributed by atoms with Crippen LogP contribution in [0.25, 0.3) is 0 Å². The van der Waals surface area contributed by atoms with Gasteiger partial charge in [0.05, 0.1) is 6.04 Å². The minimum absolute atomic E-state index is 0.228. The molecule has 0 aliphatic carbocycles. The monoisotopic (exact) mass is 312 g/mol. The zero-order chi connectivity index (χ0) is 16.1. The molecular weight excluding hydrogens is 288 g/mol.